The summed E-state index contributed by atoms with van der Waals surface area (Å²) in [6, 6.07) is 58.9. The van der Waals surface area contributed by atoms with Gasteiger partial charge in [0.05, 0.1) is 27.8 Å². The monoisotopic (exact) mass is 649 g/mol. The minimum absolute atomic E-state index is 0.651. The number of rotatable bonds is 3. The molecule has 0 fully saturated rings. The van der Waals surface area contributed by atoms with Crippen molar-refractivity contribution in [3.8, 4) is 45.4 Å². The third-order valence-electron chi connectivity index (χ3n) is 10.9. The van der Waals surface area contributed by atoms with Crippen molar-refractivity contribution in [1.82, 2.24) is 14.1 Å². The van der Waals surface area contributed by atoms with Crippen LogP contribution in [0.4, 0.5) is 0 Å². The molecule has 0 amide bonds. The van der Waals surface area contributed by atoms with Gasteiger partial charge < -0.3 is 13.6 Å². The van der Waals surface area contributed by atoms with Crippen molar-refractivity contribution in [3.05, 3.63) is 164 Å². The molecule has 51 heavy (non-hydrogen) atoms. The lowest BCUT2D eigenvalue weighted by Gasteiger charge is -2.14. The van der Waals surface area contributed by atoms with Crippen LogP contribution in [0.15, 0.2) is 168 Å². The second kappa shape index (κ2) is 9.84. The fourth-order valence-corrected chi connectivity index (χ4v) is 8.65. The number of nitrogens with zero attached hydrogens (tertiary/aromatic N) is 3. The molecule has 8 aromatic carbocycles. The Balaban J connectivity index is 1.11. The summed E-state index contributed by atoms with van der Waals surface area (Å²) < 4.78 is 11.5. The third-order valence-corrected chi connectivity index (χ3v) is 10.9. The highest BCUT2D eigenvalue weighted by atomic mass is 16.4. The van der Waals surface area contributed by atoms with E-state index in [0.29, 0.717) is 5.89 Å². The smallest absolute Gasteiger partial charge is 0.227 e. The molecule has 11 aromatic rings. The SMILES string of the molecule is c1ccc(-n2c3ccccc3c3cc4c5ccccc5n(-c5ccc6c7c(cccc57)-c5nc(-c7ccc8ccccc8c7)oc5-6)c4cc32)cc1. The van der Waals surface area contributed by atoms with E-state index in [9.17, 15) is 0 Å². The first kappa shape index (κ1) is 27.0. The van der Waals surface area contributed by atoms with Gasteiger partial charge in [0.15, 0.2) is 5.76 Å². The van der Waals surface area contributed by atoms with Crippen molar-refractivity contribution < 1.29 is 4.42 Å². The van der Waals surface area contributed by atoms with Gasteiger partial charge in [-0.15, -0.1) is 0 Å². The Bertz CT molecular complexity index is 3220. The molecule has 1 aliphatic rings. The Labute approximate surface area is 292 Å². The maximum Gasteiger partial charge on any atom is 0.227 e. The average Bonchev–Trinajstić information content (AvgIpc) is 3.93. The van der Waals surface area contributed by atoms with Crippen molar-refractivity contribution in [2.75, 3.05) is 0 Å². The summed E-state index contributed by atoms with van der Waals surface area (Å²) in [5, 5.41) is 9.73. The Morgan fingerprint density at radius 3 is 1.94 bits per heavy atom. The molecule has 0 aliphatic heterocycles. The quantitative estimate of drug-likeness (QED) is 0.191. The fraction of sp³-hybridized carbons (Fsp3) is 0. The summed E-state index contributed by atoms with van der Waals surface area (Å²) in [7, 11) is 0. The van der Waals surface area contributed by atoms with Crippen molar-refractivity contribution in [2.24, 2.45) is 0 Å². The van der Waals surface area contributed by atoms with E-state index < -0.39 is 0 Å². The van der Waals surface area contributed by atoms with E-state index in [2.05, 4.69) is 173 Å². The van der Waals surface area contributed by atoms with Gasteiger partial charge in [-0.05, 0) is 71.4 Å². The molecule has 3 heterocycles. The molecule has 0 saturated heterocycles. The topological polar surface area (TPSA) is 35.9 Å². The average molecular weight is 650 g/mol. The molecular weight excluding hydrogens is 623 g/mol. The number of aromatic nitrogens is 3. The predicted octanol–water partition coefficient (Wildman–Crippen LogP) is 12.5. The third kappa shape index (κ3) is 3.60. The summed E-state index contributed by atoms with van der Waals surface area (Å²) in [6.07, 6.45) is 0. The number of fused-ring (bicyclic) bond motifs is 10. The van der Waals surface area contributed by atoms with Gasteiger partial charge in [-0.2, -0.15) is 0 Å². The van der Waals surface area contributed by atoms with E-state index in [4.69, 9.17) is 9.40 Å². The first-order chi connectivity index (χ1) is 25.3. The molecular formula is C47H27N3O. The summed E-state index contributed by atoms with van der Waals surface area (Å²) >= 11 is 0. The molecule has 0 unspecified atom stereocenters. The van der Waals surface area contributed by atoms with Crippen LogP contribution < -0.4 is 0 Å². The zero-order valence-electron chi connectivity index (χ0n) is 27.3. The standard InChI is InChI=1S/C47H27N3O/c1-2-13-31(14-3-1)49-39-19-8-6-15-32(39)37-26-38-33-16-7-9-20-40(33)50(43(38)27-42(37)49)41-24-23-36-44-34(41)17-10-18-35(44)45-46(36)51-47(48-45)30-22-21-28-11-4-5-12-29(28)25-30/h1-27H. The Morgan fingerprint density at radius 2 is 1.12 bits per heavy atom. The molecule has 3 aromatic heterocycles. The molecule has 4 heteroatoms. The maximum absolute atomic E-state index is 6.62. The van der Waals surface area contributed by atoms with Gasteiger partial charge in [-0.1, -0.05) is 103 Å². The van der Waals surface area contributed by atoms with E-state index in [0.717, 1.165) is 39.5 Å². The fourth-order valence-electron chi connectivity index (χ4n) is 8.65. The highest BCUT2D eigenvalue weighted by molar-refractivity contribution is 6.21. The molecule has 0 atom stereocenters. The van der Waals surface area contributed by atoms with Crippen LogP contribution in [0.2, 0.25) is 0 Å². The van der Waals surface area contributed by atoms with Crippen LogP contribution in [-0.2, 0) is 0 Å². The first-order valence-electron chi connectivity index (χ1n) is 17.4. The lowest BCUT2D eigenvalue weighted by atomic mass is 10.0. The van der Waals surface area contributed by atoms with Gasteiger partial charge in [0.25, 0.3) is 0 Å². The molecule has 0 N–H and O–H groups in total. The summed E-state index contributed by atoms with van der Waals surface area (Å²) in [5.41, 5.74) is 11.1. The van der Waals surface area contributed by atoms with E-state index in [1.807, 2.05) is 0 Å². The van der Waals surface area contributed by atoms with Crippen LogP contribution in [0.5, 0.6) is 0 Å². The maximum atomic E-state index is 6.62. The van der Waals surface area contributed by atoms with Crippen molar-refractivity contribution >= 4 is 65.2 Å². The largest absolute Gasteiger partial charge is 0.435 e. The molecule has 0 saturated carbocycles. The van der Waals surface area contributed by atoms with Gasteiger partial charge in [0.1, 0.15) is 5.69 Å². The summed E-state index contributed by atoms with van der Waals surface area (Å²) in [4.78, 5) is 5.12. The summed E-state index contributed by atoms with van der Waals surface area (Å²) in [5.74, 6) is 1.49. The van der Waals surface area contributed by atoms with E-state index >= 15 is 0 Å². The lowest BCUT2D eigenvalue weighted by Crippen LogP contribution is -1.97. The molecule has 236 valence electrons. The van der Waals surface area contributed by atoms with E-state index in [1.54, 1.807) is 0 Å². The molecule has 0 spiro atoms. The minimum Gasteiger partial charge on any atom is -0.435 e. The molecule has 1 aliphatic carbocycles. The second-order valence-corrected chi connectivity index (χ2v) is 13.5. The van der Waals surface area contributed by atoms with Crippen molar-refractivity contribution in [2.45, 2.75) is 0 Å². The van der Waals surface area contributed by atoms with E-state index in [-0.39, 0.29) is 0 Å². The number of hydrogen-bond acceptors (Lipinski definition) is 2. The zero-order valence-corrected chi connectivity index (χ0v) is 27.3. The Morgan fingerprint density at radius 1 is 0.431 bits per heavy atom. The molecule has 0 radical (unpaired) electrons. The number of benzene rings is 8. The highest BCUT2D eigenvalue weighted by Gasteiger charge is 2.30. The number of para-hydroxylation sites is 3. The van der Waals surface area contributed by atoms with Gasteiger partial charge in [-0.25, -0.2) is 4.98 Å². The van der Waals surface area contributed by atoms with Gasteiger partial charge in [-0.3, -0.25) is 0 Å². The molecule has 0 bridgehead atoms. The highest BCUT2D eigenvalue weighted by Crippen LogP contribution is 2.50. The van der Waals surface area contributed by atoms with Gasteiger partial charge >= 0.3 is 0 Å². The van der Waals surface area contributed by atoms with Gasteiger partial charge in [0.2, 0.25) is 5.89 Å². The lowest BCUT2D eigenvalue weighted by molar-refractivity contribution is 0.590. The van der Waals surface area contributed by atoms with Crippen LogP contribution in [0.3, 0.4) is 0 Å². The summed E-state index contributed by atoms with van der Waals surface area (Å²) in [6.45, 7) is 0. The zero-order chi connectivity index (χ0) is 33.2. The van der Waals surface area contributed by atoms with Crippen LogP contribution in [0.1, 0.15) is 0 Å². The van der Waals surface area contributed by atoms with Crippen LogP contribution in [0, 0.1) is 0 Å². The first-order valence-corrected chi connectivity index (χ1v) is 17.4. The normalized spacial score (nSPS) is 12.3. The van der Waals surface area contributed by atoms with E-state index in [1.165, 1.54) is 65.2 Å². The van der Waals surface area contributed by atoms with Crippen LogP contribution in [0.25, 0.3) is 111 Å². The number of hydrogen-bond donors (Lipinski definition) is 0. The molecule has 4 nitrogen and oxygen atoms in total. The van der Waals surface area contributed by atoms with Crippen molar-refractivity contribution in [1.29, 1.82) is 0 Å². The van der Waals surface area contributed by atoms with Gasteiger partial charge in [0, 0.05) is 54.7 Å². The Hall–Kier alpha value is -6.91. The Kier molecular flexibility index (Phi) is 5.20. The predicted molar refractivity (Wildman–Crippen MR) is 210 cm³/mol. The van der Waals surface area contributed by atoms with Crippen LogP contribution >= 0.6 is 0 Å². The van der Waals surface area contributed by atoms with Crippen LogP contribution in [-0.4, -0.2) is 14.1 Å². The number of oxazole rings is 1. The molecule has 12 rings (SSSR count). The minimum atomic E-state index is 0.651. The van der Waals surface area contributed by atoms with Crippen molar-refractivity contribution in [3.63, 3.8) is 0 Å². The second-order valence-electron chi connectivity index (χ2n) is 13.5.